The van der Waals surface area contributed by atoms with Gasteiger partial charge < -0.3 is 14.5 Å². The van der Waals surface area contributed by atoms with Crippen molar-refractivity contribution in [2.75, 3.05) is 38.2 Å². The second-order valence-corrected chi connectivity index (χ2v) is 8.27. The molecular formula is C22H27ClN6O2. The normalized spacial score (nSPS) is 14.4. The minimum Gasteiger partial charge on any atom is -0.479 e. The van der Waals surface area contributed by atoms with Crippen molar-refractivity contribution in [2.24, 2.45) is 7.05 Å². The summed E-state index contributed by atoms with van der Waals surface area (Å²) in [4.78, 5) is 26.1. The van der Waals surface area contributed by atoms with Crippen LogP contribution in [0.2, 0.25) is 5.02 Å². The number of pyridine rings is 2. The van der Waals surface area contributed by atoms with Crippen LogP contribution in [0.1, 0.15) is 23.2 Å². The second kappa shape index (κ2) is 8.70. The number of ether oxygens (including phenoxy) is 1. The Labute approximate surface area is 186 Å². The molecule has 4 rings (SSSR count). The van der Waals surface area contributed by atoms with Gasteiger partial charge in [-0.05, 0) is 43.5 Å². The molecule has 0 bridgehead atoms. The van der Waals surface area contributed by atoms with Crippen LogP contribution in [0.25, 0.3) is 11.0 Å². The number of amides is 1. The molecule has 0 aromatic carbocycles. The zero-order chi connectivity index (χ0) is 22.1. The summed E-state index contributed by atoms with van der Waals surface area (Å²) >= 11 is 5.92. The Kier molecular flexibility index (Phi) is 6.00. The summed E-state index contributed by atoms with van der Waals surface area (Å²) in [5, 5.41) is 5.94. The summed E-state index contributed by atoms with van der Waals surface area (Å²) < 4.78 is 7.17. The average Bonchev–Trinajstić information content (AvgIpc) is 3.09. The fourth-order valence-electron chi connectivity index (χ4n) is 4.24. The Balaban J connectivity index is 1.41. The molecule has 3 aromatic heterocycles. The van der Waals surface area contributed by atoms with E-state index in [0.29, 0.717) is 36.8 Å². The molecule has 0 spiro atoms. The van der Waals surface area contributed by atoms with Crippen LogP contribution in [-0.2, 0) is 18.3 Å². The maximum atomic E-state index is 12.9. The first-order valence-corrected chi connectivity index (χ1v) is 10.8. The number of halogens is 1. The fourth-order valence-corrected chi connectivity index (χ4v) is 4.35. The van der Waals surface area contributed by atoms with Crippen molar-refractivity contribution in [3.63, 3.8) is 0 Å². The molecular weight excluding hydrogens is 416 g/mol. The second-order valence-electron chi connectivity index (χ2n) is 7.83. The molecule has 3 aromatic rings. The minimum atomic E-state index is 0.167. The van der Waals surface area contributed by atoms with E-state index in [1.54, 1.807) is 18.0 Å². The van der Waals surface area contributed by atoms with Crippen LogP contribution in [0.15, 0.2) is 18.3 Å². The minimum absolute atomic E-state index is 0.167. The lowest BCUT2D eigenvalue weighted by Crippen LogP contribution is -2.49. The predicted octanol–water partition coefficient (Wildman–Crippen LogP) is 2.92. The molecule has 1 aliphatic rings. The van der Waals surface area contributed by atoms with Crippen LogP contribution >= 0.6 is 11.6 Å². The molecule has 0 N–H and O–H groups in total. The Hall–Kier alpha value is -2.87. The molecule has 31 heavy (non-hydrogen) atoms. The highest BCUT2D eigenvalue weighted by Gasteiger charge is 2.23. The Morgan fingerprint density at radius 3 is 2.58 bits per heavy atom. The topological polar surface area (TPSA) is 76.4 Å². The van der Waals surface area contributed by atoms with Gasteiger partial charge in [-0.15, -0.1) is 5.10 Å². The first-order chi connectivity index (χ1) is 14.9. The van der Waals surface area contributed by atoms with E-state index in [4.69, 9.17) is 21.3 Å². The smallest absolute Gasteiger partial charge is 0.242 e. The van der Waals surface area contributed by atoms with Gasteiger partial charge in [0.05, 0.1) is 17.5 Å². The zero-order valence-electron chi connectivity index (χ0n) is 18.4. The highest BCUT2D eigenvalue weighted by molar-refractivity contribution is 6.30. The van der Waals surface area contributed by atoms with Crippen LogP contribution in [0.5, 0.6) is 5.88 Å². The van der Waals surface area contributed by atoms with Crippen LogP contribution in [0.4, 0.5) is 5.82 Å². The zero-order valence-corrected chi connectivity index (χ0v) is 19.1. The van der Waals surface area contributed by atoms with E-state index >= 15 is 0 Å². The molecule has 9 heteroatoms. The van der Waals surface area contributed by atoms with Gasteiger partial charge in [-0.2, -0.15) is 0 Å². The summed E-state index contributed by atoms with van der Waals surface area (Å²) in [6.07, 6.45) is 2.76. The van der Waals surface area contributed by atoms with Crippen molar-refractivity contribution >= 4 is 34.4 Å². The number of methoxy groups -OCH3 is 1. The number of aryl methyl sites for hydroxylation is 3. The number of anilines is 1. The van der Waals surface area contributed by atoms with E-state index in [2.05, 4.69) is 21.9 Å². The Bertz CT molecular complexity index is 1100. The van der Waals surface area contributed by atoms with Crippen molar-refractivity contribution in [2.45, 2.75) is 26.7 Å². The van der Waals surface area contributed by atoms with Gasteiger partial charge in [-0.1, -0.05) is 11.6 Å². The van der Waals surface area contributed by atoms with E-state index in [0.717, 1.165) is 46.8 Å². The molecule has 0 aliphatic carbocycles. The largest absolute Gasteiger partial charge is 0.479 e. The van der Waals surface area contributed by atoms with E-state index in [1.165, 1.54) is 0 Å². The van der Waals surface area contributed by atoms with Gasteiger partial charge in [0.25, 0.3) is 0 Å². The monoisotopic (exact) mass is 442 g/mol. The number of hydrogen-bond donors (Lipinski definition) is 0. The van der Waals surface area contributed by atoms with Crippen molar-refractivity contribution < 1.29 is 9.53 Å². The maximum absolute atomic E-state index is 12.9. The highest BCUT2D eigenvalue weighted by atomic mass is 35.5. The van der Waals surface area contributed by atoms with Gasteiger partial charge in [0.2, 0.25) is 11.8 Å². The van der Waals surface area contributed by atoms with Gasteiger partial charge >= 0.3 is 0 Å². The third kappa shape index (κ3) is 4.17. The van der Waals surface area contributed by atoms with Crippen LogP contribution in [0, 0.1) is 13.8 Å². The van der Waals surface area contributed by atoms with Gasteiger partial charge in [0.15, 0.2) is 5.65 Å². The molecule has 8 nitrogen and oxygen atoms in total. The van der Waals surface area contributed by atoms with Crippen molar-refractivity contribution in [1.29, 1.82) is 0 Å². The summed E-state index contributed by atoms with van der Waals surface area (Å²) in [6.45, 7) is 6.95. The van der Waals surface area contributed by atoms with Crippen molar-refractivity contribution in [3.05, 3.63) is 40.2 Å². The number of carbonyl (C=O) groups excluding carboxylic acids is 1. The fraction of sp³-hybridized carbons (Fsp3) is 0.455. The number of carbonyl (C=O) groups is 1. The summed E-state index contributed by atoms with van der Waals surface area (Å²) in [5.41, 5.74) is 3.91. The summed E-state index contributed by atoms with van der Waals surface area (Å²) in [7, 11) is 3.47. The van der Waals surface area contributed by atoms with Crippen LogP contribution in [-0.4, -0.2) is 63.8 Å². The Morgan fingerprint density at radius 2 is 1.94 bits per heavy atom. The highest BCUT2D eigenvalue weighted by Crippen LogP contribution is 2.30. The third-order valence-electron chi connectivity index (χ3n) is 5.97. The van der Waals surface area contributed by atoms with E-state index in [9.17, 15) is 4.79 Å². The number of aromatic nitrogens is 4. The van der Waals surface area contributed by atoms with Crippen molar-refractivity contribution in [3.8, 4) is 5.88 Å². The van der Waals surface area contributed by atoms with Gasteiger partial charge in [0.1, 0.15) is 5.82 Å². The van der Waals surface area contributed by atoms with E-state index in [-0.39, 0.29) is 5.91 Å². The lowest BCUT2D eigenvalue weighted by atomic mass is 10.00. The summed E-state index contributed by atoms with van der Waals surface area (Å²) in [6, 6.07) is 3.76. The van der Waals surface area contributed by atoms with Gasteiger partial charge in [-0.3, -0.25) is 4.79 Å². The van der Waals surface area contributed by atoms with Gasteiger partial charge in [-0.25, -0.2) is 14.6 Å². The lowest BCUT2D eigenvalue weighted by molar-refractivity contribution is -0.131. The average molecular weight is 443 g/mol. The molecule has 164 valence electrons. The maximum Gasteiger partial charge on any atom is 0.242 e. The number of rotatable bonds is 5. The standard InChI is InChI=1S/C22H27ClN6O2/c1-14-17(15(2)25-21-20(14)22(31-4)26-27(21)3)6-8-19(30)29-11-9-28(10-12-29)18-7-5-16(23)13-24-18/h5,7,13H,6,8-12H2,1-4H3. The number of fused-ring (bicyclic) bond motifs is 1. The molecule has 1 aliphatic heterocycles. The first-order valence-electron chi connectivity index (χ1n) is 10.4. The molecule has 0 unspecified atom stereocenters. The number of nitrogens with zero attached hydrogens (tertiary/aromatic N) is 6. The Morgan fingerprint density at radius 1 is 1.19 bits per heavy atom. The van der Waals surface area contributed by atoms with Crippen molar-refractivity contribution in [1.82, 2.24) is 24.6 Å². The van der Waals surface area contributed by atoms with E-state index in [1.807, 2.05) is 31.0 Å². The molecule has 0 radical (unpaired) electrons. The molecule has 1 fully saturated rings. The SMILES string of the molecule is COc1nn(C)c2nc(C)c(CCC(=O)N3CCN(c4ccc(Cl)cn4)CC3)c(C)c12. The molecule has 1 saturated heterocycles. The molecule has 1 amide bonds. The summed E-state index contributed by atoms with van der Waals surface area (Å²) in [5.74, 6) is 1.63. The van der Waals surface area contributed by atoms with Crippen LogP contribution in [0.3, 0.4) is 0 Å². The van der Waals surface area contributed by atoms with E-state index < -0.39 is 0 Å². The predicted molar refractivity (Wildman–Crippen MR) is 121 cm³/mol. The quantitative estimate of drug-likeness (QED) is 0.604. The lowest BCUT2D eigenvalue weighted by Gasteiger charge is -2.35. The first kappa shape index (κ1) is 21.4. The van der Waals surface area contributed by atoms with Gasteiger partial charge in [0, 0.05) is 51.5 Å². The third-order valence-corrected chi connectivity index (χ3v) is 6.20. The molecule has 0 saturated carbocycles. The molecule has 4 heterocycles. The molecule has 0 atom stereocenters. The van der Waals surface area contributed by atoms with Crippen LogP contribution < -0.4 is 9.64 Å². The number of hydrogen-bond acceptors (Lipinski definition) is 6. The number of piperazine rings is 1.